The number of carbonyl (C=O) groups is 1. The van der Waals surface area contributed by atoms with E-state index in [0.29, 0.717) is 6.42 Å². The Morgan fingerprint density at radius 2 is 2.05 bits per heavy atom. The van der Waals surface area contributed by atoms with Crippen molar-refractivity contribution in [3.8, 4) is 0 Å². The van der Waals surface area contributed by atoms with E-state index in [-0.39, 0.29) is 5.91 Å². The van der Waals surface area contributed by atoms with Crippen LogP contribution in [0.2, 0.25) is 0 Å². The standard InChI is InChI=1S/C16H21N3OS/c1-11-5-6-13(7-12(11)2)17-15(20)8-14-10-21-16(18-14)9-19(3)4/h5-7,10H,8-9H2,1-4H3,(H,17,20). The Morgan fingerprint density at radius 3 is 2.71 bits per heavy atom. The summed E-state index contributed by atoms with van der Waals surface area (Å²) in [6.45, 7) is 4.91. The predicted octanol–water partition coefficient (Wildman–Crippen LogP) is 3.00. The van der Waals surface area contributed by atoms with E-state index in [4.69, 9.17) is 0 Å². The highest BCUT2D eigenvalue weighted by Gasteiger charge is 2.09. The zero-order valence-corrected chi connectivity index (χ0v) is 13.8. The predicted molar refractivity (Wildman–Crippen MR) is 87.8 cm³/mol. The van der Waals surface area contributed by atoms with Gasteiger partial charge in [-0.25, -0.2) is 4.98 Å². The van der Waals surface area contributed by atoms with E-state index in [1.54, 1.807) is 11.3 Å². The molecule has 4 nitrogen and oxygen atoms in total. The summed E-state index contributed by atoms with van der Waals surface area (Å²) in [5, 5.41) is 5.92. The van der Waals surface area contributed by atoms with Crippen LogP contribution >= 0.6 is 11.3 Å². The van der Waals surface area contributed by atoms with Crippen molar-refractivity contribution in [1.82, 2.24) is 9.88 Å². The first-order valence-corrected chi connectivity index (χ1v) is 7.77. The van der Waals surface area contributed by atoms with Crippen LogP contribution < -0.4 is 5.32 Å². The third-order valence-electron chi connectivity index (χ3n) is 3.18. The van der Waals surface area contributed by atoms with Crippen LogP contribution in [-0.4, -0.2) is 29.9 Å². The maximum Gasteiger partial charge on any atom is 0.230 e. The molecule has 0 spiro atoms. The molecule has 2 aromatic rings. The van der Waals surface area contributed by atoms with Crippen molar-refractivity contribution in [1.29, 1.82) is 0 Å². The van der Waals surface area contributed by atoms with Crippen LogP contribution in [-0.2, 0) is 17.8 Å². The topological polar surface area (TPSA) is 45.2 Å². The number of carbonyl (C=O) groups excluding carboxylic acids is 1. The molecule has 0 aliphatic rings. The number of amides is 1. The van der Waals surface area contributed by atoms with Crippen molar-refractivity contribution in [2.24, 2.45) is 0 Å². The third-order valence-corrected chi connectivity index (χ3v) is 4.07. The van der Waals surface area contributed by atoms with Gasteiger partial charge < -0.3 is 10.2 Å². The number of hydrogen-bond acceptors (Lipinski definition) is 4. The lowest BCUT2D eigenvalue weighted by atomic mass is 10.1. The molecular weight excluding hydrogens is 282 g/mol. The van der Waals surface area contributed by atoms with Crippen LogP contribution in [0.5, 0.6) is 0 Å². The molecule has 5 heteroatoms. The van der Waals surface area contributed by atoms with Crippen molar-refractivity contribution >= 4 is 22.9 Å². The molecule has 1 N–H and O–H groups in total. The molecule has 1 aromatic carbocycles. The summed E-state index contributed by atoms with van der Waals surface area (Å²) < 4.78 is 0. The molecule has 112 valence electrons. The zero-order valence-electron chi connectivity index (χ0n) is 12.9. The highest BCUT2D eigenvalue weighted by Crippen LogP contribution is 2.15. The monoisotopic (exact) mass is 303 g/mol. The van der Waals surface area contributed by atoms with E-state index in [1.807, 2.05) is 44.6 Å². The number of thiazole rings is 1. The van der Waals surface area contributed by atoms with Crippen LogP contribution in [0.1, 0.15) is 21.8 Å². The van der Waals surface area contributed by atoms with Gasteiger partial charge in [-0.15, -0.1) is 11.3 Å². The van der Waals surface area contributed by atoms with Crippen LogP contribution in [0, 0.1) is 13.8 Å². The maximum absolute atomic E-state index is 12.1. The molecule has 2 rings (SSSR count). The van der Waals surface area contributed by atoms with Gasteiger partial charge in [0, 0.05) is 17.6 Å². The first-order valence-electron chi connectivity index (χ1n) is 6.89. The van der Waals surface area contributed by atoms with Gasteiger partial charge in [0.2, 0.25) is 5.91 Å². The minimum absolute atomic E-state index is 0.0278. The molecule has 1 heterocycles. The Balaban J connectivity index is 1.95. The summed E-state index contributed by atoms with van der Waals surface area (Å²) in [5.41, 5.74) is 4.07. The summed E-state index contributed by atoms with van der Waals surface area (Å²) in [6, 6.07) is 5.94. The van der Waals surface area contributed by atoms with Gasteiger partial charge >= 0.3 is 0 Å². The number of aromatic nitrogens is 1. The molecule has 0 aliphatic carbocycles. The Bertz CT molecular complexity index is 634. The third kappa shape index (κ3) is 4.65. The molecule has 0 saturated heterocycles. The van der Waals surface area contributed by atoms with Gasteiger partial charge in [0.1, 0.15) is 5.01 Å². The van der Waals surface area contributed by atoms with E-state index >= 15 is 0 Å². The average molecular weight is 303 g/mol. The van der Waals surface area contributed by atoms with Gasteiger partial charge in [-0.1, -0.05) is 6.07 Å². The molecule has 0 bridgehead atoms. The van der Waals surface area contributed by atoms with Gasteiger partial charge in [0.25, 0.3) is 0 Å². The lowest BCUT2D eigenvalue weighted by Crippen LogP contribution is -2.15. The SMILES string of the molecule is Cc1ccc(NC(=O)Cc2csc(CN(C)C)n2)cc1C. The minimum Gasteiger partial charge on any atom is -0.326 e. The lowest BCUT2D eigenvalue weighted by molar-refractivity contribution is -0.115. The average Bonchev–Trinajstić information content (AvgIpc) is 2.80. The highest BCUT2D eigenvalue weighted by atomic mass is 32.1. The second-order valence-corrected chi connectivity index (χ2v) is 6.44. The Morgan fingerprint density at radius 1 is 1.29 bits per heavy atom. The molecule has 0 unspecified atom stereocenters. The van der Waals surface area contributed by atoms with Gasteiger partial charge in [-0.3, -0.25) is 4.79 Å². The smallest absolute Gasteiger partial charge is 0.230 e. The molecule has 0 saturated carbocycles. The number of aryl methyl sites for hydroxylation is 2. The maximum atomic E-state index is 12.1. The van der Waals surface area contributed by atoms with Crippen LogP contribution in [0.15, 0.2) is 23.6 Å². The largest absolute Gasteiger partial charge is 0.326 e. The summed E-state index contributed by atoms with van der Waals surface area (Å²) in [4.78, 5) is 18.6. The minimum atomic E-state index is -0.0278. The number of rotatable bonds is 5. The quantitative estimate of drug-likeness (QED) is 0.923. The van der Waals surface area contributed by atoms with E-state index in [9.17, 15) is 4.79 Å². The normalized spacial score (nSPS) is 10.9. The molecule has 0 aliphatic heterocycles. The Labute approximate surface area is 129 Å². The molecule has 1 amide bonds. The molecule has 0 atom stereocenters. The summed E-state index contributed by atoms with van der Waals surface area (Å²) in [5.74, 6) is -0.0278. The highest BCUT2D eigenvalue weighted by molar-refractivity contribution is 7.09. The fourth-order valence-corrected chi connectivity index (χ4v) is 2.87. The molecule has 0 fully saturated rings. The van der Waals surface area contributed by atoms with E-state index in [0.717, 1.165) is 22.9 Å². The summed E-state index contributed by atoms with van der Waals surface area (Å²) >= 11 is 1.60. The number of nitrogens with zero attached hydrogens (tertiary/aromatic N) is 2. The molecule has 0 radical (unpaired) electrons. The van der Waals surface area contributed by atoms with Crippen molar-refractivity contribution in [2.45, 2.75) is 26.8 Å². The summed E-state index contributed by atoms with van der Waals surface area (Å²) in [6.07, 6.45) is 0.316. The number of nitrogens with one attached hydrogen (secondary N) is 1. The molecular formula is C16H21N3OS. The Kier molecular flexibility index (Phi) is 5.09. The number of anilines is 1. The number of hydrogen-bond donors (Lipinski definition) is 1. The van der Waals surface area contributed by atoms with Crippen molar-refractivity contribution in [3.63, 3.8) is 0 Å². The van der Waals surface area contributed by atoms with Crippen molar-refractivity contribution in [2.75, 3.05) is 19.4 Å². The van der Waals surface area contributed by atoms with E-state index in [1.165, 1.54) is 11.1 Å². The first kappa shape index (κ1) is 15.7. The van der Waals surface area contributed by atoms with Crippen LogP contribution in [0.25, 0.3) is 0 Å². The molecule has 21 heavy (non-hydrogen) atoms. The lowest BCUT2D eigenvalue weighted by Gasteiger charge is -2.07. The van der Waals surface area contributed by atoms with Crippen molar-refractivity contribution in [3.05, 3.63) is 45.4 Å². The van der Waals surface area contributed by atoms with Gasteiger partial charge in [0.15, 0.2) is 0 Å². The van der Waals surface area contributed by atoms with Crippen LogP contribution in [0.3, 0.4) is 0 Å². The van der Waals surface area contributed by atoms with E-state index in [2.05, 4.69) is 22.1 Å². The Hall–Kier alpha value is -1.72. The first-order chi connectivity index (χ1) is 9.94. The van der Waals surface area contributed by atoms with Gasteiger partial charge in [-0.2, -0.15) is 0 Å². The van der Waals surface area contributed by atoms with Crippen LogP contribution in [0.4, 0.5) is 5.69 Å². The second-order valence-electron chi connectivity index (χ2n) is 5.49. The fourth-order valence-electron chi connectivity index (χ4n) is 1.96. The fraction of sp³-hybridized carbons (Fsp3) is 0.375. The van der Waals surface area contributed by atoms with E-state index < -0.39 is 0 Å². The molecule has 1 aromatic heterocycles. The van der Waals surface area contributed by atoms with Gasteiger partial charge in [-0.05, 0) is 51.2 Å². The second kappa shape index (κ2) is 6.83. The van der Waals surface area contributed by atoms with Gasteiger partial charge in [0.05, 0.1) is 12.1 Å². The summed E-state index contributed by atoms with van der Waals surface area (Å²) in [7, 11) is 4.01. The number of benzene rings is 1. The zero-order chi connectivity index (χ0) is 15.4. The van der Waals surface area contributed by atoms with Crippen molar-refractivity contribution < 1.29 is 4.79 Å².